The molecule has 2 aromatic carbocycles. The normalized spacial score (nSPS) is 15.7. The number of carbonyl (C=O) groups excluding carboxylic acids is 3. The van der Waals surface area contributed by atoms with Crippen LogP contribution in [0.15, 0.2) is 71.2 Å². The maximum Gasteiger partial charge on any atom is 0.294 e. The highest BCUT2D eigenvalue weighted by molar-refractivity contribution is 8.18. The van der Waals surface area contributed by atoms with Gasteiger partial charge in [-0.2, -0.15) is 0 Å². The first-order valence-corrected chi connectivity index (χ1v) is 9.70. The van der Waals surface area contributed by atoms with Crippen LogP contribution in [0.4, 0.5) is 10.5 Å². The van der Waals surface area contributed by atoms with E-state index in [1.165, 1.54) is 0 Å². The van der Waals surface area contributed by atoms with Crippen molar-refractivity contribution in [2.75, 3.05) is 19.0 Å². The van der Waals surface area contributed by atoms with E-state index in [1.54, 1.807) is 37.5 Å². The highest BCUT2D eigenvalue weighted by atomic mass is 32.2. The van der Waals surface area contributed by atoms with Gasteiger partial charge in [0.1, 0.15) is 12.3 Å². The summed E-state index contributed by atoms with van der Waals surface area (Å²) in [6, 6.07) is 16.5. The van der Waals surface area contributed by atoms with Gasteiger partial charge in [-0.1, -0.05) is 36.4 Å². The third kappa shape index (κ3) is 5.36. The maximum absolute atomic E-state index is 12.6. The van der Waals surface area contributed by atoms with E-state index in [4.69, 9.17) is 4.74 Å². The lowest BCUT2D eigenvalue weighted by Gasteiger charge is -2.12. The summed E-state index contributed by atoms with van der Waals surface area (Å²) >= 11 is 0.835. The van der Waals surface area contributed by atoms with E-state index >= 15 is 0 Å². The molecule has 0 saturated carbocycles. The van der Waals surface area contributed by atoms with Crippen LogP contribution in [-0.2, 0) is 9.59 Å². The molecule has 0 bridgehead atoms. The number of methoxy groups -OCH3 is 1. The summed E-state index contributed by atoms with van der Waals surface area (Å²) in [5.74, 6) is -0.251. The number of nitrogens with one attached hydrogen (secondary N) is 1. The first kappa shape index (κ1) is 20.4. The summed E-state index contributed by atoms with van der Waals surface area (Å²) in [5, 5.41) is 2.21. The number of amides is 3. The van der Waals surface area contributed by atoms with Crippen LogP contribution >= 0.6 is 11.8 Å². The molecule has 2 aromatic rings. The Kier molecular flexibility index (Phi) is 6.51. The van der Waals surface area contributed by atoms with E-state index in [2.05, 4.69) is 5.32 Å². The minimum absolute atomic E-state index is 0.303. The van der Waals surface area contributed by atoms with Crippen LogP contribution in [0.1, 0.15) is 12.5 Å². The predicted molar refractivity (Wildman–Crippen MR) is 114 cm³/mol. The number of ether oxygens (including phenoxy) is 1. The number of nitrogens with zero attached hydrogens (tertiary/aromatic N) is 1. The molecular formula is C22H20N2O4S. The highest BCUT2D eigenvalue weighted by Crippen LogP contribution is 2.31. The lowest BCUT2D eigenvalue weighted by molar-refractivity contribution is -0.127. The number of rotatable bonds is 6. The van der Waals surface area contributed by atoms with Gasteiger partial charge in [-0.15, -0.1) is 0 Å². The van der Waals surface area contributed by atoms with Crippen molar-refractivity contribution in [3.63, 3.8) is 0 Å². The Hall–Kier alpha value is -3.32. The lowest BCUT2D eigenvalue weighted by Crippen LogP contribution is -2.36. The number of benzene rings is 2. The zero-order chi connectivity index (χ0) is 20.8. The van der Waals surface area contributed by atoms with Crippen LogP contribution < -0.4 is 10.1 Å². The van der Waals surface area contributed by atoms with Crippen molar-refractivity contribution >= 4 is 40.6 Å². The van der Waals surface area contributed by atoms with E-state index in [0.717, 1.165) is 27.8 Å². The van der Waals surface area contributed by atoms with Gasteiger partial charge >= 0.3 is 0 Å². The Morgan fingerprint density at radius 3 is 2.45 bits per heavy atom. The van der Waals surface area contributed by atoms with Crippen molar-refractivity contribution in [3.8, 4) is 5.75 Å². The summed E-state index contributed by atoms with van der Waals surface area (Å²) in [5.41, 5.74) is 2.39. The van der Waals surface area contributed by atoms with Crippen molar-refractivity contribution in [2.24, 2.45) is 0 Å². The molecule has 1 aliphatic heterocycles. The molecule has 148 valence electrons. The third-order valence-electron chi connectivity index (χ3n) is 4.10. The van der Waals surface area contributed by atoms with Gasteiger partial charge in [-0.3, -0.25) is 19.3 Å². The molecule has 0 aliphatic carbocycles. The van der Waals surface area contributed by atoms with E-state index < -0.39 is 17.1 Å². The third-order valence-corrected chi connectivity index (χ3v) is 5.01. The molecule has 29 heavy (non-hydrogen) atoms. The number of hydrogen-bond donors (Lipinski definition) is 1. The molecule has 7 heteroatoms. The Balaban J connectivity index is 1.65. The second kappa shape index (κ2) is 9.25. The van der Waals surface area contributed by atoms with Crippen molar-refractivity contribution in [1.82, 2.24) is 4.90 Å². The molecule has 0 aromatic heterocycles. The van der Waals surface area contributed by atoms with Gasteiger partial charge in [0.2, 0.25) is 5.91 Å². The molecule has 1 aliphatic rings. The molecule has 0 spiro atoms. The van der Waals surface area contributed by atoms with Crippen molar-refractivity contribution in [1.29, 1.82) is 0 Å². The van der Waals surface area contributed by atoms with Crippen LogP contribution in [0.2, 0.25) is 0 Å². The molecule has 6 nitrogen and oxygen atoms in total. The molecule has 1 fully saturated rings. The first-order chi connectivity index (χ1) is 14.0. The van der Waals surface area contributed by atoms with Gasteiger partial charge in [-0.05, 0) is 60.2 Å². The number of thioether (sulfide) groups is 1. The molecule has 1 heterocycles. The molecule has 0 radical (unpaired) electrons. The van der Waals surface area contributed by atoms with Gasteiger partial charge in [0.25, 0.3) is 11.1 Å². The van der Waals surface area contributed by atoms with Gasteiger partial charge in [-0.25, -0.2) is 0 Å². The zero-order valence-electron chi connectivity index (χ0n) is 16.0. The predicted octanol–water partition coefficient (Wildman–Crippen LogP) is 4.32. The Morgan fingerprint density at radius 1 is 1.10 bits per heavy atom. The smallest absolute Gasteiger partial charge is 0.294 e. The Labute approximate surface area is 173 Å². The Bertz CT molecular complexity index is 982. The fourth-order valence-corrected chi connectivity index (χ4v) is 3.60. The average Bonchev–Trinajstić information content (AvgIpc) is 2.96. The average molecular weight is 408 g/mol. The molecule has 1 N–H and O–H groups in total. The van der Waals surface area contributed by atoms with E-state index in [-0.39, 0.29) is 6.54 Å². The zero-order valence-corrected chi connectivity index (χ0v) is 16.9. The van der Waals surface area contributed by atoms with Crippen LogP contribution in [0.3, 0.4) is 0 Å². The van der Waals surface area contributed by atoms with Crippen molar-refractivity contribution in [3.05, 3.63) is 76.7 Å². The van der Waals surface area contributed by atoms with E-state index in [0.29, 0.717) is 16.3 Å². The van der Waals surface area contributed by atoms with Gasteiger partial charge in [0.15, 0.2) is 0 Å². The number of imide groups is 1. The van der Waals surface area contributed by atoms with Gasteiger partial charge < -0.3 is 10.1 Å². The van der Waals surface area contributed by atoms with E-state index in [9.17, 15) is 14.4 Å². The van der Waals surface area contributed by atoms with Crippen LogP contribution in [0, 0.1) is 0 Å². The summed E-state index contributed by atoms with van der Waals surface area (Å²) in [7, 11) is 1.55. The summed E-state index contributed by atoms with van der Waals surface area (Å²) in [6.45, 7) is 1.52. The maximum atomic E-state index is 12.6. The number of carbonyl (C=O) groups is 3. The van der Waals surface area contributed by atoms with Crippen LogP contribution in [-0.4, -0.2) is 35.6 Å². The van der Waals surface area contributed by atoms with Crippen LogP contribution in [0.5, 0.6) is 5.75 Å². The minimum atomic E-state index is -0.467. The van der Waals surface area contributed by atoms with Gasteiger partial charge in [0, 0.05) is 5.69 Å². The monoisotopic (exact) mass is 408 g/mol. The van der Waals surface area contributed by atoms with Crippen molar-refractivity contribution in [2.45, 2.75) is 6.92 Å². The molecule has 0 atom stereocenters. The highest BCUT2D eigenvalue weighted by Gasteiger charge is 2.36. The fraction of sp³-hybridized carbons (Fsp3) is 0.136. The summed E-state index contributed by atoms with van der Waals surface area (Å²) < 4.78 is 5.07. The minimum Gasteiger partial charge on any atom is -0.497 e. The molecule has 1 saturated heterocycles. The summed E-state index contributed by atoms with van der Waals surface area (Å²) in [6.07, 6.45) is 3.59. The molecule has 3 rings (SSSR count). The first-order valence-electron chi connectivity index (χ1n) is 8.89. The van der Waals surface area contributed by atoms with Crippen molar-refractivity contribution < 1.29 is 19.1 Å². The summed E-state index contributed by atoms with van der Waals surface area (Å²) in [4.78, 5) is 38.3. The molecular weight excluding hydrogens is 388 g/mol. The standard InChI is InChI=1S/C22H20N2O4S/c1-15(12-16-6-4-3-5-7-16)13-19-21(26)24(22(27)29-19)14-20(25)23-17-8-10-18(28-2)11-9-17/h3-13H,14H2,1-2H3,(H,23,25). The number of allylic oxidation sites excluding steroid dienone is 2. The topological polar surface area (TPSA) is 75.7 Å². The number of hydrogen-bond acceptors (Lipinski definition) is 5. The fourth-order valence-electron chi connectivity index (χ4n) is 2.72. The quantitative estimate of drug-likeness (QED) is 0.721. The SMILES string of the molecule is COc1ccc(NC(=O)CN2C(=O)SC(=CC(C)=Cc3ccccc3)C2=O)cc1. The van der Waals surface area contributed by atoms with Gasteiger partial charge in [0.05, 0.1) is 12.0 Å². The largest absolute Gasteiger partial charge is 0.497 e. The second-order valence-corrected chi connectivity index (χ2v) is 7.34. The second-order valence-electron chi connectivity index (χ2n) is 6.34. The molecule has 0 unspecified atom stereocenters. The molecule has 3 amide bonds. The van der Waals surface area contributed by atoms with E-state index in [1.807, 2.05) is 43.3 Å². The Morgan fingerprint density at radius 2 is 1.79 bits per heavy atom. The lowest BCUT2D eigenvalue weighted by atomic mass is 10.1. The van der Waals surface area contributed by atoms with Crippen LogP contribution in [0.25, 0.3) is 6.08 Å². The number of anilines is 1.